The molecule has 6 nitrogen and oxygen atoms in total. The molecule has 0 aliphatic heterocycles. The first-order valence-corrected chi connectivity index (χ1v) is 9.18. The maximum atomic E-state index is 12.2. The number of carbonyl (C=O) groups is 2. The minimum atomic E-state index is -0.389. The number of hydrogen-bond acceptors (Lipinski definition) is 4. The number of ether oxygens (including phenoxy) is 1. The van der Waals surface area contributed by atoms with Crippen molar-refractivity contribution in [2.75, 3.05) is 17.2 Å². The molecule has 3 rings (SSSR count). The van der Waals surface area contributed by atoms with Gasteiger partial charge in [-0.1, -0.05) is 29.8 Å². The normalized spacial score (nSPS) is 10.3. The molecule has 0 saturated heterocycles. The highest BCUT2D eigenvalue weighted by atomic mass is 35.5. The Morgan fingerprint density at radius 1 is 1.00 bits per heavy atom. The van der Waals surface area contributed by atoms with Gasteiger partial charge in [0.25, 0.3) is 11.8 Å². The largest absolute Gasteiger partial charge is 0.506 e. The van der Waals surface area contributed by atoms with Gasteiger partial charge < -0.3 is 20.5 Å². The fourth-order valence-corrected chi connectivity index (χ4v) is 2.84. The average molecular weight is 411 g/mol. The maximum Gasteiger partial charge on any atom is 0.262 e. The van der Waals surface area contributed by atoms with Gasteiger partial charge in [-0.2, -0.15) is 0 Å². The Morgan fingerprint density at radius 2 is 1.76 bits per heavy atom. The van der Waals surface area contributed by atoms with Crippen LogP contribution in [0.5, 0.6) is 11.5 Å². The molecule has 148 valence electrons. The number of hydrogen-bond donors (Lipinski definition) is 3. The van der Waals surface area contributed by atoms with Crippen molar-refractivity contribution in [3.05, 3.63) is 82.9 Å². The van der Waals surface area contributed by atoms with Crippen molar-refractivity contribution in [2.45, 2.75) is 6.92 Å². The van der Waals surface area contributed by atoms with Crippen LogP contribution < -0.4 is 15.4 Å². The van der Waals surface area contributed by atoms with Gasteiger partial charge in [-0.15, -0.1) is 0 Å². The Morgan fingerprint density at radius 3 is 2.45 bits per heavy atom. The molecule has 0 fully saturated rings. The van der Waals surface area contributed by atoms with Crippen LogP contribution in [0.4, 0.5) is 11.4 Å². The number of amides is 2. The minimum absolute atomic E-state index is 0.165. The number of phenols is 1. The van der Waals surface area contributed by atoms with Gasteiger partial charge in [-0.3, -0.25) is 9.59 Å². The first-order chi connectivity index (χ1) is 13.9. The zero-order chi connectivity index (χ0) is 20.8. The van der Waals surface area contributed by atoms with Gasteiger partial charge in [0, 0.05) is 22.3 Å². The van der Waals surface area contributed by atoms with Crippen molar-refractivity contribution in [1.29, 1.82) is 0 Å². The first kappa shape index (κ1) is 20.2. The zero-order valence-corrected chi connectivity index (χ0v) is 16.4. The lowest BCUT2D eigenvalue weighted by Crippen LogP contribution is -2.20. The van der Waals surface area contributed by atoms with E-state index < -0.39 is 0 Å². The Kier molecular flexibility index (Phi) is 6.36. The van der Waals surface area contributed by atoms with E-state index in [9.17, 15) is 14.7 Å². The predicted molar refractivity (Wildman–Crippen MR) is 113 cm³/mol. The Labute approximate surface area is 173 Å². The topological polar surface area (TPSA) is 87.7 Å². The minimum Gasteiger partial charge on any atom is -0.506 e. The summed E-state index contributed by atoms with van der Waals surface area (Å²) in [5.41, 5.74) is 1.91. The Bertz CT molecular complexity index is 1040. The van der Waals surface area contributed by atoms with Crippen molar-refractivity contribution in [3.63, 3.8) is 0 Å². The van der Waals surface area contributed by atoms with Gasteiger partial charge in [0.15, 0.2) is 6.61 Å². The van der Waals surface area contributed by atoms with E-state index >= 15 is 0 Å². The smallest absolute Gasteiger partial charge is 0.262 e. The average Bonchev–Trinajstić information content (AvgIpc) is 2.70. The summed E-state index contributed by atoms with van der Waals surface area (Å²) in [5.74, 6) is -0.336. The van der Waals surface area contributed by atoms with E-state index in [-0.39, 0.29) is 29.9 Å². The van der Waals surface area contributed by atoms with Crippen LogP contribution in [-0.4, -0.2) is 23.5 Å². The molecule has 3 N–H and O–H groups in total. The standard InChI is InChI=1S/C22H19ClN2O4/c1-14-11-16(23)7-10-20(14)29-13-21(27)24-17-8-9-18(19(26)12-17)25-22(28)15-5-3-2-4-6-15/h2-12,26H,13H2,1H3,(H,24,27)(H,25,28). The zero-order valence-electron chi connectivity index (χ0n) is 15.6. The highest BCUT2D eigenvalue weighted by molar-refractivity contribution is 6.30. The lowest BCUT2D eigenvalue weighted by Gasteiger charge is -2.12. The summed E-state index contributed by atoms with van der Waals surface area (Å²) < 4.78 is 5.49. The molecule has 0 bridgehead atoms. The van der Waals surface area contributed by atoms with Crippen molar-refractivity contribution in [3.8, 4) is 11.5 Å². The van der Waals surface area contributed by atoms with Crippen LogP contribution >= 0.6 is 11.6 Å². The number of anilines is 2. The third kappa shape index (κ3) is 5.49. The Balaban J connectivity index is 1.58. The molecule has 7 heteroatoms. The fraction of sp³-hybridized carbons (Fsp3) is 0.0909. The van der Waals surface area contributed by atoms with Gasteiger partial charge in [-0.25, -0.2) is 0 Å². The molecule has 0 aromatic heterocycles. The molecule has 0 saturated carbocycles. The van der Waals surface area contributed by atoms with Crippen LogP contribution in [0.3, 0.4) is 0 Å². The van der Waals surface area contributed by atoms with Gasteiger partial charge in [-0.05, 0) is 55.0 Å². The second-order valence-electron chi connectivity index (χ2n) is 6.30. The van der Waals surface area contributed by atoms with E-state index in [0.717, 1.165) is 5.56 Å². The van der Waals surface area contributed by atoms with E-state index in [1.54, 1.807) is 48.5 Å². The lowest BCUT2D eigenvalue weighted by atomic mass is 10.2. The SMILES string of the molecule is Cc1cc(Cl)ccc1OCC(=O)Nc1ccc(NC(=O)c2ccccc2)c(O)c1. The molecular weight excluding hydrogens is 392 g/mol. The van der Waals surface area contributed by atoms with Crippen LogP contribution in [0, 0.1) is 6.92 Å². The van der Waals surface area contributed by atoms with Gasteiger partial charge in [0.2, 0.25) is 0 Å². The van der Waals surface area contributed by atoms with Crippen LogP contribution in [-0.2, 0) is 4.79 Å². The molecule has 0 radical (unpaired) electrons. The molecule has 0 aliphatic rings. The molecule has 29 heavy (non-hydrogen) atoms. The fourth-order valence-electron chi connectivity index (χ4n) is 2.61. The number of halogens is 1. The van der Waals surface area contributed by atoms with Crippen molar-refractivity contribution in [1.82, 2.24) is 0 Å². The van der Waals surface area contributed by atoms with Crippen molar-refractivity contribution in [2.24, 2.45) is 0 Å². The van der Waals surface area contributed by atoms with E-state index in [4.69, 9.17) is 16.3 Å². The van der Waals surface area contributed by atoms with Gasteiger partial charge in [0.05, 0.1) is 5.69 Å². The van der Waals surface area contributed by atoms with Crippen molar-refractivity contribution < 1.29 is 19.4 Å². The maximum absolute atomic E-state index is 12.2. The molecular formula is C22H19ClN2O4. The summed E-state index contributed by atoms with van der Waals surface area (Å²) in [5, 5.41) is 16.0. The van der Waals surface area contributed by atoms with Crippen LogP contribution in [0.25, 0.3) is 0 Å². The number of aromatic hydroxyl groups is 1. The summed E-state index contributed by atoms with van der Waals surface area (Å²) >= 11 is 5.90. The first-order valence-electron chi connectivity index (χ1n) is 8.80. The number of benzene rings is 3. The molecule has 3 aromatic rings. The number of nitrogens with one attached hydrogen (secondary N) is 2. The molecule has 0 unspecified atom stereocenters. The molecule has 0 spiro atoms. The highest BCUT2D eigenvalue weighted by Gasteiger charge is 2.11. The summed E-state index contributed by atoms with van der Waals surface area (Å²) in [6.07, 6.45) is 0. The summed E-state index contributed by atoms with van der Waals surface area (Å²) in [4.78, 5) is 24.3. The molecule has 0 atom stereocenters. The van der Waals surface area contributed by atoms with E-state index in [2.05, 4.69) is 10.6 Å². The summed E-state index contributed by atoms with van der Waals surface area (Å²) in [6, 6.07) is 18.2. The number of phenolic OH excluding ortho intramolecular Hbond substituents is 1. The van der Waals surface area contributed by atoms with Gasteiger partial charge in [0.1, 0.15) is 11.5 Å². The third-order valence-corrected chi connectivity index (χ3v) is 4.30. The highest BCUT2D eigenvalue weighted by Crippen LogP contribution is 2.27. The second-order valence-corrected chi connectivity index (χ2v) is 6.74. The lowest BCUT2D eigenvalue weighted by molar-refractivity contribution is -0.118. The number of carbonyl (C=O) groups excluding carboxylic acids is 2. The molecule has 2 amide bonds. The quantitative estimate of drug-likeness (QED) is 0.517. The molecule has 0 aliphatic carbocycles. The molecule has 0 heterocycles. The van der Waals surface area contributed by atoms with Crippen LogP contribution in [0.1, 0.15) is 15.9 Å². The van der Waals surface area contributed by atoms with E-state index in [1.165, 1.54) is 12.1 Å². The van der Waals surface area contributed by atoms with Crippen LogP contribution in [0.15, 0.2) is 66.7 Å². The second kappa shape index (κ2) is 9.12. The predicted octanol–water partition coefficient (Wildman–Crippen LogP) is 4.62. The summed E-state index contributed by atoms with van der Waals surface area (Å²) in [7, 11) is 0. The van der Waals surface area contributed by atoms with Crippen LogP contribution in [0.2, 0.25) is 5.02 Å². The molecule has 3 aromatic carbocycles. The monoisotopic (exact) mass is 410 g/mol. The number of rotatable bonds is 6. The summed E-state index contributed by atoms with van der Waals surface area (Å²) in [6.45, 7) is 1.63. The third-order valence-electron chi connectivity index (χ3n) is 4.06. The van der Waals surface area contributed by atoms with E-state index in [1.807, 2.05) is 13.0 Å². The van der Waals surface area contributed by atoms with Crippen molar-refractivity contribution >= 4 is 34.8 Å². The van der Waals surface area contributed by atoms with Gasteiger partial charge >= 0.3 is 0 Å². The Hall–Kier alpha value is -3.51. The van der Waals surface area contributed by atoms with E-state index in [0.29, 0.717) is 22.0 Å². The number of aryl methyl sites for hydroxylation is 1.